The summed E-state index contributed by atoms with van der Waals surface area (Å²) in [5, 5.41) is 31.4. The molecule has 2 rings (SSSR count). The lowest BCUT2D eigenvalue weighted by atomic mass is 10.1. The van der Waals surface area contributed by atoms with Crippen molar-refractivity contribution in [3.8, 4) is 0 Å². The van der Waals surface area contributed by atoms with Crippen LogP contribution in [-0.4, -0.2) is 43.8 Å². The highest BCUT2D eigenvalue weighted by molar-refractivity contribution is 6.01. The van der Waals surface area contributed by atoms with E-state index >= 15 is 0 Å². The Labute approximate surface area is 107 Å². The standard InChI is InChI=1S/C12H12N2O5/c15-6-7(16)5-14-11(17)9-4-2-1-3-8(9)10(13-14)12(18)19/h1-4,7,15-16H,5-6H2,(H,18,19). The molecule has 0 aliphatic rings. The van der Waals surface area contributed by atoms with Gasteiger partial charge < -0.3 is 15.3 Å². The number of aromatic nitrogens is 2. The van der Waals surface area contributed by atoms with E-state index in [9.17, 15) is 14.7 Å². The number of aliphatic hydroxyl groups excluding tert-OH is 2. The summed E-state index contributed by atoms with van der Waals surface area (Å²) < 4.78 is 0.854. The van der Waals surface area contributed by atoms with Gasteiger partial charge in [0.1, 0.15) is 0 Å². The van der Waals surface area contributed by atoms with Crippen molar-refractivity contribution < 1.29 is 20.1 Å². The number of hydrogen-bond donors (Lipinski definition) is 3. The van der Waals surface area contributed by atoms with Gasteiger partial charge >= 0.3 is 5.97 Å². The quantitative estimate of drug-likeness (QED) is 0.682. The lowest BCUT2D eigenvalue weighted by molar-refractivity contribution is 0.0674. The Morgan fingerprint density at radius 2 is 1.95 bits per heavy atom. The Bertz CT molecular complexity index is 679. The largest absolute Gasteiger partial charge is 0.476 e. The Hall–Kier alpha value is -2.25. The summed E-state index contributed by atoms with van der Waals surface area (Å²) in [4.78, 5) is 23.2. The topological polar surface area (TPSA) is 113 Å². The van der Waals surface area contributed by atoms with Crippen LogP contribution in [0.25, 0.3) is 10.8 Å². The molecule has 1 atom stereocenters. The third-order valence-electron chi connectivity index (χ3n) is 2.66. The molecule has 2 aromatic rings. The number of rotatable bonds is 4. The van der Waals surface area contributed by atoms with E-state index in [0.717, 1.165) is 4.68 Å². The Morgan fingerprint density at radius 1 is 1.32 bits per heavy atom. The maximum absolute atomic E-state index is 12.1. The predicted octanol–water partition coefficient (Wildman–Crippen LogP) is -0.552. The lowest BCUT2D eigenvalue weighted by Gasteiger charge is -2.11. The van der Waals surface area contributed by atoms with Crippen molar-refractivity contribution >= 4 is 16.7 Å². The van der Waals surface area contributed by atoms with Crippen LogP contribution >= 0.6 is 0 Å². The van der Waals surface area contributed by atoms with Gasteiger partial charge in [0.25, 0.3) is 5.56 Å². The first-order valence-corrected chi connectivity index (χ1v) is 5.56. The van der Waals surface area contributed by atoms with E-state index in [1.54, 1.807) is 12.1 Å². The van der Waals surface area contributed by atoms with Crippen molar-refractivity contribution in [1.29, 1.82) is 0 Å². The van der Waals surface area contributed by atoms with Crippen LogP contribution in [0.15, 0.2) is 29.1 Å². The average Bonchev–Trinajstić information content (AvgIpc) is 2.41. The van der Waals surface area contributed by atoms with Crippen molar-refractivity contribution in [2.24, 2.45) is 0 Å². The third kappa shape index (κ3) is 2.47. The maximum Gasteiger partial charge on any atom is 0.357 e. The van der Waals surface area contributed by atoms with E-state index in [-0.39, 0.29) is 23.0 Å². The number of aliphatic hydroxyl groups is 2. The van der Waals surface area contributed by atoms with Crippen LogP contribution < -0.4 is 5.56 Å². The van der Waals surface area contributed by atoms with Crippen LogP contribution in [0.4, 0.5) is 0 Å². The Kier molecular flexibility index (Phi) is 3.59. The van der Waals surface area contributed by atoms with Gasteiger partial charge in [-0.15, -0.1) is 0 Å². The molecule has 0 aliphatic heterocycles. The molecule has 1 aromatic carbocycles. The molecule has 0 aliphatic carbocycles. The summed E-state index contributed by atoms with van der Waals surface area (Å²) >= 11 is 0. The lowest BCUT2D eigenvalue weighted by Crippen LogP contribution is -2.32. The van der Waals surface area contributed by atoms with Crippen molar-refractivity contribution in [2.45, 2.75) is 12.6 Å². The van der Waals surface area contributed by atoms with Gasteiger partial charge in [0, 0.05) is 5.39 Å². The molecular formula is C12H12N2O5. The number of aromatic carboxylic acids is 1. The van der Waals surface area contributed by atoms with Crippen LogP contribution in [0.1, 0.15) is 10.5 Å². The minimum Gasteiger partial charge on any atom is -0.476 e. The highest BCUT2D eigenvalue weighted by Crippen LogP contribution is 2.13. The highest BCUT2D eigenvalue weighted by Gasteiger charge is 2.16. The van der Waals surface area contributed by atoms with E-state index in [1.807, 2.05) is 0 Å². The summed E-state index contributed by atoms with van der Waals surface area (Å²) in [5.41, 5.74) is -0.770. The minimum absolute atomic E-state index is 0.208. The van der Waals surface area contributed by atoms with E-state index < -0.39 is 24.2 Å². The van der Waals surface area contributed by atoms with Gasteiger partial charge in [0.2, 0.25) is 0 Å². The highest BCUT2D eigenvalue weighted by atomic mass is 16.4. The molecule has 3 N–H and O–H groups in total. The van der Waals surface area contributed by atoms with Gasteiger partial charge in [-0.25, -0.2) is 9.48 Å². The number of carbonyl (C=O) groups is 1. The first-order valence-electron chi connectivity index (χ1n) is 5.56. The molecular weight excluding hydrogens is 252 g/mol. The summed E-state index contributed by atoms with van der Waals surface area (Å²) in [6.07, 6.45) is -1.17. The fraction of sp³-hybridized carbons (Fsp3) is 0.250. The maximum atomic E-state index is 12.1. The third-order valence-corrected chi connectivity index (χ3v) is 2.66. The number of benzene rings is 1. The van der Waals surface area contributed by atoms with Crippen LogP contribution in [0.5, 0.6) is 0 Å². The van der Waals surface area contributed by atoms with Crippen LogP contribution in [-0.2, 0) is 6.54 Å². The molecule has 0 saturated carbocycles. The summed E-state index contributed by atoms with van der Waals surface area (Å²) in [6.45, 7) is -0.802. The zero-order chi connectivity index (χ0) is 14.0. The summed E-state index contributed by atoms with van der Waals surface area (Å²) in [5.74, 6) is -1.26. The number of carboxylic acids is 1. The molecule has 0 fully saturated rings. The van der Waals surface area contributed by atoms with E-state index in [4.69, 9.17) is 10.2 Å². The molecule has 0 saturated heterocycles. The zero-order valence-corrected chi connectivity index (χ0v) is 9.85. The first kappa shape index (κ1) is 13.2. The van der Waals surface area contributed by atoms with Gasteiger partial charge in [-0.2, -0.15) is 5.10 Å². The second-order valence-electron chi connectivity index (χ2n) is 4.02. The van der Waals surface area contributed by atoms with E-state index in [1.165, 1.54) is 12.1 Å². The van der Waals surface area contributed by atoms with Crippen LogP contribution in [0.2, 0.25) is 0 Å². The van der Waals surface area contributed by atoms with Crippen molar-refractivity contribution in [1.82, 2.24) is 9.78 Å². The van der Waals surface area contributed by atoms with Crippen molar-refractivity contribution in [3.05, 3.63) is 40.3 Å². The molecule has 1 aromatic heterocycles. The monoisotopic (exact) mass is 264 g/mol. The normalized spacial score (nSPS) is 12.5. The second-order valence-corrected chi connectivity index (χ2v) is 4.02. The fourth-order valence-electron chi connectivity index (χ4n) is 1.77. The van der Waals surface area contributed by atoms with Gasteiger partial charge in [-0.05, 0) is 6.07 Å². The van der Waals surface area contributed by atoms with E-state index in [2.05, 4.69) is 5.10 Å². The summed E-state index contributed by atoms with van der Waals surface area (Å²) in [6, 6.07) is 6.22. The van der Waals surface area contributed by atoms with Crippen molar-refractivity contribution in [3.63, 3.8) is 0 Å². The summed E-state index contributed by atoms with van der Waals surface area (Å²) in [7, 11) is 0. The number of fused-ring (bicyclic) bond motifs is 1. The van der Waals surface area contributed by atoms with Gasteiger partial charge in [0.15, 0.2) is 5.69 Å². The molecule has 1 unspecified atom stereocenters. The number of carboxylic acid groups (broad SMARTS) is 1. The Balaban J connectivity index is 2.70. The zero-order valence-electron chi connectivity index (χ0n) is 9.85. The molecule has 0 spiro atoms. The molecule has 19 heavy (non-hydrogen) atoms. The Morgan fingerprint density at radius 3 is 2.53 bits per heavy atom. The van der Waals surface area contributed by atoms with Gasteiger partial charge in [0.05, 0.1) is 24.6 Å². The van der Waals surface area contributed by atoms with Crippen LogP contribution in [0, 0.1) is 0 Å². The van der Waals surface area contributed by atoms with Crippen LogP contribution in [0.3, 0.4) is 0 Å². The molecule has 1 heterocycles. The average molecular weight is 264 g/mol. The number of nitrogens with zero attached hydrogens (tertiary/aromatic N) is 2. The van der Waals surface area contributed by atoms with E-state index in [0.29, 0.717) is 0 Å². The minimum atomic E-state index is -1.26. The van der Waals surface area contributed by atoms with Gasteiger partial charge in [-0.3, -0.25) is 4.79 Å². The fourth-order valence-corrected chi connectivity index (χ4v) is 1.77. The molecule has 100 valence electrons. The molecule has 0 amide bonds. The number of hydrogen-bond acceptors (Lipinski definition) is 5. The predicted molar refractivity (Wildman–Crippen MR) is 66.1 cm³/mol. The molecule has 0 bridgehead atoms. The second kappa shape index (κ2) is 5.17. The molecule has 7 heteroatoms. The van der Waals surface area contributed by atoms with Gasteiger partial charge in [-0.1, -0.05) is 18.2 Å². The molecule has 0 radical (unpaired) electrons. The SMILES string of the molecule is O=C(O)c1nn(CC(O)CO)c(=O)c2ccccc12. The molecule has 7 nitrogen and oxygen atoms in total. The smallest absolute Gasteiger partial charge is 0.357 e. The first-order chi connectivity index (χ1) is 9.04. The van der Waals surface area contributed by atoms with Crippen molar-refractivity contribution in [2.75, 3.05) is 6.61 Å².